The van der Waals surface area contributed by atoms with Gasteiger partial charge < -0.3 is 17.6 Å². The van der Waals surface area contributed by atoms with Gasteiger partial charge in [-0.15, -0.1) is 0 Å². The minimum atomic E-state index is -3.97. The Labute approximate surface area is 191 Å². The highest BCUT2D eigenvalue weighted by molar-refractivity contribution is 6.58. The van der Waals surface area contributed by atoms with Crippen LogP contribution < -0.4 is 0 Å². The fourth-order valence-electron chi connectivity index (χ4n) is 5.89. The van der Waals surface area contributed by atoms with Gasteiger partial charge in [-0.1, -0.05) is 58.9 Å². The lowest BCUT2D eigenvalue weighted by molar-refractivity contribution is -0.363. The van der Waals surface area contributed by atoms with Gasteiger partial charge in [-0.05, 0) is 67.0 Å². The van der Waals surface area contributed by atoms with Crippen LogP contribution in [0.3, 0.4) is 0 Å². The fourth-order valence-corrected chi connectivity index (χ4v) is 5.89. The lowest BCUT2D eigenvalue weighted by Crippen LogP contribution is -2.51. The molecule has 0 aliphatic carbocycles. The van der Waals surface area contributed by atoms with Crippen molar-refractivity contribution < 1.29 is 13.1 Å². The first-order valence-corrected chi connectivity index (χ1v) is 11.8. The van der Waals surface area contributed by atoms with Crippen LogP contribution in [0.25, 0.3) is 5.57 Å². The topological polar surface area (TPSA) is 7.94 Å². The highest BCUT2D eigenvalue weighted by Gasteiger charge is 2.56. The van der Waals surface area contributed by atoms with Crippen molar-refractivity contribution in [3.63, 3.8) is 0 Å². The monoisotopic (exact) mass is 436 g/mol. The Morgan fingerprint density at radius 2 is 1.53 bits per heavy atom. The van der Waals surface area contributed by atoms with Crippen molar-refractivity contribution in [2.75, 3.05) is 0 Å². The van der Waals surface area contributed by atoms with E-state index in [1.54, 1.807) is 0 Å². The summed E-state index contributed by atoms with van der Waals surface area (Å²) in [6.07, 6.45) is 1.49. The Kier molecular flexibility index (Phi) is 5.19. The van der Waals surface area contributed by atoms with Crippen molar-refractivity contribution in [1.29, 1.82) is 0 Å². The molecular weight excluding hydrogens is 401 g/mol. The van der Waals surface area contributed by atoms with Gasteiger partial charge in [-0.3, -0.25) is 0 Å². The molecule has 3 heterocycles. The van der Waals surface area contributed by atoms with Gasteiger partial charge in [0.25, 0.3) is 0 Å². The van der Waals surface area contributed by atoms with E-state index in [1.807, 2.05) is 27.7 Å². The van der Waals surface area contributed by atoms with Crippen molar-refractivity contribution in [3.8, 4) is 0 Å². The maximum absolute atomic E-state index is 16.3. The number of allylic oxidation sites excluding steroid dienone is 2. The van der Waals surface area contributed by atoms with Crippen LogP contribution in [0, 0.1) is 13.8 Å². The second-order valence-corrected chi connectivity index (χ2v) is 10.3. The zero-order valence-electron chi connectivity index (χ0n) is 21.0. The SMILES string of the molecule is CCC1=C(C)C2=C(c3ccc(C(C)(C)C)cc3)c3c(C)c(CC)c(C)n3[B-](F)(F)[N+]2=C1C. The van der Waals surface area contributed by atoms with Gasteiger partial charge in [0, 0.05) is 23.8 Å². The summed E-state index contributed by atoms with van der Waals surface area (Å²) in [5, 5.41) is 0. The Hall–Kier alpha value is -2.43. The summed E-state index contributed by atoms with van der Waals surface area (Å²) >= 11 is 0. The van der Waals surface area contributed by atoms with Crippen molar-refractivity contribution in [1.82, 2.24) is 4.48 Å². The minimum Gasteiger partial charge on any atom is -0.393 e. The molecule has 1 aromatic heterocycles. The number of nitrogens with zero attached hydrogens (tertiary/aromatic N) is 2. The second kappa shape index (κ2) is 7.30. The van der Waals surface area contributed by atoms with Crippen molar-refractivity contribution in [3.05, 3.63) is 74.8 Å². The van der Waals surface area contributed by atoms with E-state index in [0.29, 0.717) is 22.8 Å². The fraction of sp³-hybridized carbons (Fsp3) is 0.444. The molecule has 0 saturated carbocycles. The molecule has 2 aliphatic heterocycles. The van der Waals surface area contributed by atoms with E-state index in [2.05, 4.69) is 58.9 Å². The molecule has 0 unspecified atom stereocenters. The summed E-state index contributed by atoms with van der Waals surface area (Å²) in [6, 6.07) is 8.52. The van der Waals surface area contributed by atoms with Crippen LogP contribution in [0.1, 0.15) is 88.5 Å². The van der Waals surface area contributed by atoms with E-state index in [0.717, 1.165) is 46.3 Å². The summed E-state index contributed by atoms with van der Waals surface area (Å²) in [5.74, 6) is 0. The van der Waals surface area contributed by atoms with Crippen LogP contribution in [0.15, 0.2) is 41.1 Å². The molecule has 170 valence electrons. The lowest BCUT2D eigenvalue weighted by Gasteiger charge is -2.34. The number of rotatable bonds is 3. The van der Waals surface area contributed by atoms with Gasteiger partial charge in [0.15, 0.2) is 5.70 Å². The first kappa shape index (κ1) is 22.8. The van der Waals surface area contributed by atoms with Gasteiger partial charge >= 0.3 is 6.97 Å². The third kappa shape index (κ3) is 2.93. The summed E-state index contributed by atoms with van der Waals surface area (Å²) < 4.78 is 35.2. The van der Waals surface area contributed by atoms with Gasteiger partial charge in [0.1, 0.15) is 5.71 Å². The minimum absolute atomic E-state index is 0.0378. The van der Waals surface area contributed by atoms with E-state index in [-0.39, 0.29) is 5.41 Å². The van der Waals surface area contributed by atoms with Crippen LogP contribution >= 0.6 is 0 Å². The molecular formula is C27H35BF2N2. The number of halogens is 2. The van der Waals surface area contributed by atoms with Gasteiger partial charge in [0.05, 0.1) is 5.57 Å². The predicted octanol–water partition coefficient (Wildman–Crippen LogP) is 7.17. The predicted molar refractivity (Wildman–Crippen MR) is 132 cm³/mol. The van der Waals surface area contributed by atoms with Crippen molar-refractivity contribution in [2.45, 2.75) is 80.6 Å². The Morgan fingerprint density at radius 1 is 0.938 bits per heavy atom. The number of hydrogen-bond donors (Lipinski definition) is 0. The summed E-state index contributed by atoms with van der Waals surface area (Å²) in [6.45, 7) is 14.4. The first-order valence-electron chi connectivity index (χ1n) is 11.8. The largest absolute Gasteiger partial charge is 0.737 e. The number of fused-ring (bicyclic) bond motifs is 2. The highest BCUT2D eigenvalue weighted by Crippen LogP contribution is 2.47. The van der Waals surface area contributed by atoms with Crippen LogP contribution in [-0.4, -0.2) is 21.6 Å². The number of benzene rings is 1. The van der Waals surface area contributed by atoms with Gasteiger partial charge in [-0.25, -0.2) is 0 Å². The number of hydrogen-bond acceptors (Lipinski definition) is 0. The van der Waals surface area contributed by atoms with E-state index in [1.165, 1.54) is 14.5 Å². The molecule has 0 atom stereocenters. The maximum Gasteiger partial charge on any atom is 0.737 e. The Morgan fingerprint density at radius 3 is 2.03 bits per heavy atom. The lowest BCUT2D eigenvalue weighted by atomic mass is 9.82. The molecule has 0 radical (unpaired) electrons. The van der Waals surface area contributed by atoms with Gasteiger partial charge in [0.2, 0.25) is 0 Å². The molecule has 0 saturated heterocycles. The summed E-state index contributed by atoms with van der Waals surface area (Å²) in [5.41, 5.74) is 9.95. The highest BCUT2D eigenvalue weighted by atomic mass is 19.2. The van der Waals surface area contributed by atoms with E-state index in [4.69, 9.17) is 0 Å². The molecule has 0 amide bonds. The van der Waals surface area contributed by atoms with Gasteiger partial charge in [-0.2, -0.15) is 0 Å². The molecule has 0 bridgehead atoms. The van der Waals surface area contributed by atoms with Crippen LogP contribution in [0.4, 0.5) is 8.63 Å². The Bertz CT molecular complexity index is 1220. The molecule has 4 rings (SSSR count). The van der Waals surface area contributed by atoms with E-state index >= 15 is 8.63 Å². The second-order valence-electron chi connectivity index (χ2n) is 10.3. The molecule has 2 aliphatic rings. The third-order valence-electron chi connectivity index (χ3n) is 7.54. The van der Waals surface area contributed by atoms with Crippen LogP contribution in [-0.2, 0) is 11.8 Å². The molecule has 0 fully saturated rings. The number of aromatic nitrogens is 1. The normalized spacial score (nSPS) is 18.0. The van der Waals surface area contributed by atoms with E-state index < -0.39 is 6.97 Å². The first-order chi connectivity index (χ1) is 14.9. The molecule has 0 spiro atoms. The molecule has 5 heteroatoms. The average Bonchev–Trinajstić information content (AvgIpc) is 3.12. The molecule has 2 aromatic rings. The maximum atomic E-state index is 16.3. The summed E-state index contributed by atoms with van der Waals surface area (Å²) in [4.78, 5) is 0. The van der Waals surface area contributed by atoms with E-state index in [9.17, 15) is 0 Å². The average molecular weight is 436 g/mol. The van der Waals surface area contributed by atoms with Crippen molar-refractivity contribution in [2.24, 2.45) is 0 Å². The van der Waals surface area contributed by atoms with Crippen LogP contribution in [0.2, 0.25) is 0 Å². The zero-order chi connectivity index (χ0) is 23.7. The third-order valence-corrected chi connectivity index (χ3v) is 7.54. The zero-order valence-corrected chi connectivity index (χ0v) is 21.0. The molecule has 2 nitrogen and oxygen atoms in total. The van der Waals surface area contributed by atoms with Crippen molar-refractivity contribution >= 4 is 18.3 Å². The summed E-state index contributed by atoms with van der Waals surface area (Å²) in [7, 11) is 0. The molecule has 0 N–H and O–H groups in total. The molecule has 32 heavy (non-hydrogen) atoms. The molecule has 1 aromatic carbocycles. The Balaban J connectivity index is 2.15. The standard InChI is InChI=1S/C27H35BF2N2/c1-10-22-16(3)25-24(20-12-14-21(15-13-20)27(7,8)9)26-17(4)23(11-2)19(6)32(26)28(29,30)31(25)18(22)5/h12-15H,10-11H2,1-9H3. The van der Waals surface area contributed by atoms with Crippen LogP contribution in [0.5, 0.6) is 0 Å². The smallest absolute Gasteiger partial charge is 0.393 e. The quantitative estimate of drug-likeness (QED) is 0.451.